The Kier molecular flexibility index (Phi) is 3.09. The van der Waals surface area contributed by atoms with Gasteiger partial charge in [-0.3, -0.25) is 9.79 Å². The van der Waals surface area contributed by atoms with Gasteiger partial charge in [0.25, 0.3) is 0 Å². The predicted octanol–water partition coefficient (Wildman–Crippen LogP) is 2.87. The molecule has 0 unspecified atom stereocenters. The molecule has 0 fully saturated rings. The molecule has 0 atom stereocenters. The van der Waals surface area contributed by atoms with Crippen LogP contribution in [-0.4, -0.2) is 18.2 Å². The number of rotatable bonds is 2. The maximum absolute atomic E-state index is 11.7. The van der Waals surface area contributed by atoms with Crippen LogP contribution in [0.1, 0.15) is 11.1 Å². The molecule has 0 aromatic heterocycles. The molecule has 1 aliphatic rings. The Morgan fingerprint density at radius 3 is 2.65 bits per heavy atom. The van der Waals surface area contributed by atoms with Crippen LogP contribution in [-0.2, 0) is 4.79 Å². The Labute approximate surface area is 115 Å². The number of amides is 1. The fourth-order valence-electron chi connectivity index (χ4n) is 2.16. The number of hydrogen-bond donors (Lipinski definition) is 1. The molecule has 1 amide bonds. The maximum atomic E-state index is 11.7. The molecule has 5 heteroatoms. The fraction of sp³-hybridized carbons (Fsp3) is 0.0667. The number of aliphatic imine (C=N–C) groups is 1. The lowest BCUT2D eigenvalue weighted by atomic mass is 10.00. The van der Waals surface area contributed by atoms with Gasteiger partial charge in [0.1, 0.15) is 12.2 Å². The minimum atomic E-state index is -0.177. The van der Waals surface area contributed by atoms with Crippen molar-refractivity contribution in [2.75, 3.05) is 11.9 Å². The van der Waals surface area contributed by atoms with E-state index in [0.29, 0.717) is 22.6 Å². The number of fused-ring (bicyclic) bond motifs is 1. The van der Waals surface area contributed by atoms with E-state index in [-0.39, 0.29) is 12.5 Å². The summed E-state index contributed by atoms with van der Waals surface area (Å²) in [4.78, 5) is 26.7. The minimum Gasteiger partial charge on any atom is -0.324 e. The highest BCUT2D eigenvalue weighted by molar-refractivity contribution is 6.19. The highest BCUT2D eigenvalue weighted by Crippen LogP contribution is 2.27. The predicted molar refractivity (Wildman–Crippen MR) is 77.5 cm³/mol. The average Bonchev–Trinajstić information content (AvgIpc) is 2.65. The molecule has 1 heterocycles. The zero-order chi connectivity index (χ0) is 13.9. The lowest BCUT2D eigenvalue weighted by molar-refractivity contribution is -0.114. The van der Waals surface area contributed by atoms with Gasteiger partial charge in [-0.1, -0.05) is 30.3 Å². The Morgan fingerprint density at radius 2 is 1.90 bits per heavy atom. The van der Waals surface area contributed by atoms with Crippen LogP contribution in [0.3, 0.4) is 0 Å². The van der Waals surface area contributed by atoms with E-state index < -0.39 is 0 Å². The summed E-state index contributed by atoms with van der Waals surface area (Å²) in [6.07, 6.45) is 0. The molecule has 2 aromatic carbocycles. The monoisotopic (exact) mass is 265 g/mol. The number of carbonyl (C=O) groups is 1. The summed E-state index contributed by atoms with van der Waals surface area (Å²) < 4.78 is 0. The van der Waals surface area contributed by atoms with Crippen molar-refractivity contribution in [3.05, 3.63) is 64.6 Å². The molecule has 98 valence electrons. The molecule has 0 spiro atoms. The molecule has 0 saturated heterocycles. The van der Waals surface area contributed by atoms with Gasteiger partial charge >= 0.3 is 0 Å². The van der Waals surface area contributed by atoms with E-state index in [0.717, 1.165) is 5.56 Å². The standard InChI is InChI=1S/C15H11N3O2/c19-14-9-16-15(10-4-2-1-3-5-10)12-8-11(18-20)6-7-13(12)17-14/h1-8H,9H2,(H,17,19). The number of nitrogens with zero attached hydrogens (tertiary/aromatic N) is 2. The Hall–Kier alpha value is -2.82. The molecular formula is C15H11N3O2. The third kappa shape index (κ3) is 2.21. The van der Waals surface area contributed by atoms with Crippen LogP contribution < -0.4 is 5.32 Å². The molecule has 5 nitrogen and oxygen atoms in total. The summed E-state index contributed by atoms with van der Waals surface area (Å²) in [5, 5.41) is 5.71. The lowest BCUT2D eigenvalue weighted by Crippen LogP contribution is -2.13. The van der Waals surface area contributed by atoms with E-state index >= 15 is 0 Å². The van der Waals surface area contributed by atoms with E-state index in [1.807, 2.05) is 30.3 Å². The highest BCUT2D eigenvalue weighted by atomic mass is 16.3. The summed E-state index contributed by atoms with van der Waals surface area (Å²) in [7, 11) is 0. The SMILES string of the molecule is O=Nc1ccc2c(c1)C(c1ccccc1)=NCC(=O)N2. The van der Waals surface area contributed by atoms with Crippen molar-refractivity contribution >= 4 is 23.0 Å². The second kappa shape index (κ2) is 5.05. The molecule has 0 bridgehead atoms. The minimum absolute atomic E-state index is 0.0583. The maximum Gasteiger partial charge on any atom is 0.246 e. The van der Waals surface area contributed by atoms with Gasteiger partial charge in [0.05, 0.1) is 11.4 Å². The van der Waals surface area contributed by atoms with Crippen molar-refractivity contribution in [2.24, 2.45) is 10.2 Å². The van der Waals surface area contributed by atoms with E-state index in [9.17, 15) is 9.70 Å². The average molecular weight is 265 g/mol. The summed E-state index contributed by atoms with van der Waals surface area (Å²) in [5.41, 5.74) is 3.24. The molecule has 0 radical (unpaired) electrons. The smallest absolute Gasteiger partial charge is 0.246 e. The van der Waals surface area contributed by atoms with Crippen molar-refractivity contribution in [1.29, 1.82) is 0 Å². The first-order valence-corrected chi connectivity index (χ1v) is 6.15. The quantitative estimate of drug-likeness (QED) is 0.848. The number of nitroso groups, excluding NO2 is 1. The van der Waals surface area contributed by atoms with Crippen LogP contribution >= 0.6 is 0 Å². The van der Waals surface area contributed by atoms with Gasteiger partial charge in [-0.25, -0.2) is 0 Å². The van der Waals surface area contributed by atoms with Gasteiger partial charge in [0, 0.05) is 11.1 Å². The van der Waals surface area contributed by atoms with Gasteiger partial charge in [-0.15, -0.1) is 4.91 Å². The van der Waals surface area contributed by atoms with Gasteiger partial charge in [-0.2, -0.15) is 0 Å². The number of benzene rings is 2. The van der Waals surface area contributed by atoms with E-state index in [1.54, 1.807) is 18.2 Å². The number of carbonyl (C=O) groups excluding carboxylic acids is 1. The first-order valence-electron chi connectivity index (χ1n) is 6.15. The second-order valence-corrected chi connectivity index (χ2v) is 4.40. The normalized spacial score (nSPS) is 13.8. The van der Waals surface area contributed by atoms with Gasteiger partial charge in [-0.05, 0) is 23.4 Å². The first kappa shape index (κ1) is 12.2. The van der Waals surface area contributed by atoms with Gasteiger partial charge < -0.3 is 5.32 Å². The zero-order valence-electron chi connectivity index (χ0n) is 10.5. The van der Waals surface area contributed by atoms with Crippen molar-refractivity contribution in [1.82, 2.24) is 0 Å². The van der Waals surface area contributed by atoms with Crippen LogP contribution in [0, 0.1) is 4.91 Å². The van der Waals surface area contributed by atoms with Crippen molar-refractivity contribution in [2.45, 2.75) is 0 Å². The van der Waals surface area contributed by atoms with E-state index in [1.165, 1.54) is 0 Å². The Bertz CT molecular complexity index is 708. The molecule has 1 aliphatic heterocycles. The van der Waals surface area contributed by atoms with Crippen LogP contribution in [0.5, 0.6) is 0 Å². The van der Waals surface area contributed by atoms with Crippen molar-refractivity contribution in [3.8, 4) is 0 Å². The first-order chi connectivity index (χ1) is 9.78. The lowest BCUT2D eigenvalue weighted by Gasteiger charge is -2.10. The molecule has 0 aliphatic carbocycles. The van der Waals surface area contributed by atoms with E-state index in [2.05, 4.69) is 15.5 Å². The summed E-state index contributed by atoms with van der Waals surface area (Å²) in [5.74, 6) is -0.177. The number of hydrogen-bond acceptors (Lipinski definition) is 4. The third-order valence-electron chi connectivity index (χ3n) is 3.07. The van der Waals surface area contributed by atoms with Gasteiger partial charge in [0.15, 0.2) is 0 Å². The molecule has 20 heavy (non-hydrogen) atoms. The van der Waals surface area contributed by atoms with E-state index in [4.69, 9.17) is 0 Å². The molecular weight excluding hydrogens is 254 g/mol. The summed E-state index contributed by atoms with van der Waals surface area (Å²) in [6.45, 7) is 0.0583. The van der Waals surface area contributed by atoms with Crippen LogP contribution in [0.15, 0.2) is 58.7 Å². The van der Waals surface area contributed by atoms with Crippen LogP contribution in [0.4, 0.5) is 11.4 Å². The number of anilines is 1. The molecule has 2 aromatic rings. The molecule has 0 saturated carbocycles. The van der Waals surface area contributed by atoms with Crippen LogP contribution in [0.25, 0.3) is 0 Å². The topological polar surface area (TPSA) is 70.9 Å². The Morgan fingerprint density at radius 1 is 1.10 bits per heavy atom. The Balaban J connectivity index is 2.20. The molecule has 1 N–H and O–H groups in total. The van der Waals surface area contributed by atoms with Crippen LogP contribution in [0.2, 0.25) is 0 Å². The van der Waals surface area contributed by atoms with Crippen molar-refractivity contribution < 1.29 is 4.79 Å². The van der Waals surface area contributed by atoms with Crippen molar-refractivity contribution in [3.63, 3.8) is 0 Å². The summed E-state index contributed by atoms with van der Waals surface area (Å²) >= 11 is 0. The largest absolute Gasteiger partial charge is 0.324 e. The zero-order valence-corrected chi connectivity index (χ0v) is 10.5. The summed E-state index contributed by atoms with van der Waals surface area (Å²) in [6, 6.07) is 14.4. The number of nitrogens with one attached hydrogen (secondary N) is 1. The number of benzodiazepines with no additional fused rings is 1. The second-order valence-electron chi connectivity index (χ2n) is 4.40. The van der Waals surface area contributed by atoms with Gasteiger partial charge in [0.2, 0.25) is 5.91 Å². The molecule has 3 rings (SSSR count). The fourth-order valence-corrected chi connectivity index (χ4v) is 2.16. The highest BCUT2D eigenvalue weighted by Gasteiger charge is 2.18. The third-order valence-corrected chi connectivity index (χ3v) is 3.07.